The van der Waals surface area contributed by atoms with Crippen LogP contribution in [0.1, 0.15) is 58.4 Å². The highest BCUT2D eigenvalue weighted by atomic mass is 35.5. The molecule has 1 saturated carbocycles. The van der Waals surface area contributed by atoms with Crippen molar-refractivity contribution in [2.45, 2.75) is 76.5 Å². The van der Waals surface area contributed by atoms with E-state index in [1.54, 1.807) is 27.0 Å². The van der Waals surface area contributed by atoms with E-state index in [0.29, 0.717) is 10.7 Å². The van der Waals surface area contributed by atoms with Gasteiger partial charge >= 0.3 is 6.09 Å². The van der Waals surface area contributed by atoms with E-state index in [1.807, 2.05) is 4.90 Å². The zero-order valence-electron chi connectivity index (χ0n) is 16.2. The first-order valence-corrected chi connectivity index (χ1v) is 9.91. The maximum absolute atomic E-state index is 13.5. The molecule has 1 saturated heterocycles. The monoisotopic (exact) mass is 406 g/mol. The Balaban J connectivity index is 1.74. The average Bonchev–Trinajstić information content (AvgIpc) is 3.23. The van der Waals surface area contributed by atoms with Gasteiger partial charge in [0.05, 0.1) is 6.42 Å². The van der Waals surface area contributed by atoms with Crippen LogP contribution in [0.25, 0.3) is 0 Å². The molecule has 0 N–H and O–H groups in total. The van der Waals surface area contributed by atoms with Gasteiger partial charge in [0.1, 0.15) is 17.0 Å². The van der Waals surface area contributed by atoms with Gasteiger partial charge < -0.3 is 9.64 Å². The van der Waals surface area contributed by atoms with Crippen LogP contribution >= 0.6 is 11.6 Å². The van der Waals surface area contributed by atoms with Crippen molar-refractivity contribution < 1.29 is 19.1 Å². The molecule has 9 heteroatoms. The first kappa shape index (κ1) is 19.1. The van der Waals surface area contributed by atoms with E-state index in [2.05, 4.69) is 9.97 Å². The number of fused-ring (bicyclic) bond motifs is 1. The molecule has 1 unspecified atom stereocenters. The number of halogens is 1. The van der Waals surface area contributed by atoms with Crippen LogP contribution < -0.4 is 4.90 Å². The van der Waals surface area contributed by atoms with Crippen LogP contribution in [0.4, 0.5) is 10.6 Å². The summed E-state index contributed by atoms with van der Waals surface area (Å²) in [6, 6.07) is 0.0718. The molecule has 0 aromatic carbocycles. The van der Waals surface area contributed by atoms with Crippen LogP contribution in [-0.4, -0.2) is 50.0 Å². The number of anilines is 1. The fourth-order valence-electron chi connectivity index (χ4n) is 4.54. The third kappa shape index (κ3) is 2.94. The summed E-state index contributed by atoms with van der Waals surface area (Å²) in [6.45, 7) is 5.08. The van der Waals surface area contributed by atoms with Gasteiger partial charge in [-0.3, -0.25) is 9.59 Å². The number of hydrogen-bond acceptors (Lipinski definition) is 7. The molecule has 1 atom stereocenters. The Morgan fingerprint density at radius 3 is 2.57 bits per heavy atom. The van der Waals surface area contributed by atoms with Crippen molar-refractivity contribution in [1.29, 1.82) is 0 Å². The van der Waals surface area contributed by atoms with Crippen molar-refractivity contribution in [2.75, 3.05) is 4.90 Å². The van der Waals surface area contributed by atoms with E-state index in [9.17, 15) is 14.4 Å². The van der Waals surface area contributed by atoms with Crippen molar-refractivity contribution in [1.82, 2.24) is 14.9 Å². The Kier molecular flexibility index (Phi) is 4.37. The fraction of sp³-hybridized carbons (Fsp3) is 0.632. The van der Waals surface area contributed by atoms with Crippen molar-refractivity contribution >= 4 is 35.3 Å². The molecule has 0 radical (unpaired) electrons. The van der Waals surface area contributed by atoms with Gasteiger partial charge in [-0.15, -0.1) is 0 Å². The number of likely N-dealkylation sites (tertiary alicyclic amines) is 1. The van der Waals surface area contributed by atoms with Crippen molar-refractivity contribution in [2.24, 2.45) is 0 Å². The molecule has 0 bridgehead atoms. The topological polar surface area (TPSA) is 92.7 Å². The lowest BCUT2D eigenvalue weighted by Crippen LogP contribution is -2.57. The molecule has 3 aliphatic rings. The highest BCUT2D eigenvalue weighted by Crippen LogP contribution is 2.48. The van der Waals surface area contributed by atoms with Crippen molar-refractivity contribution in [3.63, 3.8) is 0 Å². The Morgan fingerprint density at radius 1 is 1.25 bits per heavy atom. The average molecular weight is 407 g/mol. The number of aromatic nitrogens is 2. The molecule has 2 fully saturated rings. The molecule has 1 aromatic rings. The molecular formula is C19H23ClN4O4. The highest BCUT2D eigenvalue weighted by Gasteiger charge is 2.63. The van der Waals surface area contributed by atoms with E-state index in [4.69, 9.17) is 16.3 Å². The summed E-state index contributed by atoms with van der Waals surface area (Å²) < 4.78 is 5.30. The molecule has 3 amide bonds. The summed E-state index contributed by atoms with van der Waals surface area (Å²) in [5.74, 6) is -0.499. The van der Waals surface area contributed by atoms with Gasteiger partial charge in [0.2, 0.25) is 11.2 Å². The number of nitrogens with zero attached hydrogens (tertiary/aromatic N) is 4. The number of rotatable bonds is 1. The van der Waals surface area contributed by atoms with E-state index >= 15 is 0 Å². The summed E-state index contributed by atoms with van der Waals surface area (Å²) in [6.07, 6.45) is 4.76. The Bertz CT molecular complexity index is 862. The van der Waals surface area contributed by atoms with Crippen LogP contribution in [-0.2, 0) is 20.7 Å². The minimum Gasteiger partial charge on any atom is -0.443 e. The van der Waals surface area contributed by atoms with Crippen LogP contribution in [0.3, 0.4) is 0 Å². The number of imide groups is 3. The minimum atomic E-state index is -1.16. The number of amides is 3. The predicted molar refractivity (Wildman–Crippen MR) is 101 cm³/mol. The molecule has 8 nitrogen and oxygen atoms in total. The van der Waals surface area contributed by atoms with E-state index in [0.717, 1.165) is 31.2 Å². The summed E-state index contributed by atoms with van der Waals surface area (Å²) in [5, 5.41) is 0.0968. The summed E-state index contributed by atoms with van der Waals surface area (Å²) in [5.41, 5.74) is -1.20. The number of hydrogen-bond donors (Lipinski definition) is 0. The summed E-state index contributed by atoms with van der Waals surface area (Å²) >= 11 is 6.02. The number of carbonyl (C=O) groups excluding carboxylic acids is 3. The lowest BCUT2D eigenvalue weighted by molar-refractivity contribution is -0.138. The summed E-state index contributed by atoms with van der Waals surface area (Å²) in [7, 11) is 0. The summed E-state index contributed by atoms with van der Waals surface area (Å²) in [4.78, 5) is 49.8. The quantitative estimate of drug-likeness (QED) is 0.523. The first-order valence-electron chi connectivity index (χ1n) is 9.53. The van der Waals surface area contributed by atoms with Crippen LogP contribution in [0.15, 0.2) is 6.20 Å². The van der Waals surface area contributed by atoms with Gasteiger partial charge in [-0.05, 0) is 45.2 Å². The smallest absolute Gasteiger partial charge is 0.424 e. The number of carbonyl (C=O) groups is 3. The third-order valence-corrected chi connectivity index (χ3v) is 5.73. The predicted octanol–water partition coefficient (Wildman–Crippen LogP) is 2.87. The van der Waals surface area contributed by atoms with Gasteiger partial charge in [-0.2, -0.15) is 4.90 Å². The molecule has 3 heterocycles. The zero-order valence-corrected chi connectivity index (χ0v) is 17.0. The van der Waals surface area contributed by atoms with E-state index in [1.165, 1.54) is 0 Å². The third-order valence-electron chi connectivity index (χ3n) is 5.54. The van der Waals surface area contributed by atoms with E-state index in [-0.39, 0.29) is 24.2 Å². The van der Waals surface area contributed by atoms with Crippen LogP contribution in [0, 0.1) is 0 Å². The standard InChI is InChI=1S/C19H23ClN4O4/c1-18(2,3)28-17(27)23-13(25)9-19(15(23)26)8-11-10-21-16(20)22-14(11)24(19)12-6-4-5-7-12/h10,12H,4-9H2,1-3H3. The second kappa shape index (κ2) is 6.40. The zero-order chi connectivity index (χ0) is 20.3. The number of ether oxygens (including phenoxy) is 1. The minimum absolute atomic E-state index is 0.0718. The maximum Gasteiger partial charge on any atom is 0.424 e. The molecule has 1 spiro atoms. The molecule has 150 valence electrons. The Hall–Kier alpha value is -2.22. The SMILES string of the molecule is CC(C)(C)OC(=O)N1C(=O)CC2(Cc3cnc(Cl)nc3N2C2CCCC2)C1=O. The van der Waals surface area contributed by atoms with Gasteiger partial charge in [-0.25, -0.2) is 14.8 Å². The second-order valence-electron chi connectivity index (χ2n) is 8.70. The maximum atomic E-state index is 13.5. The lowest BCUT2D eigenvalue weighted by atomic mass is 9.91. The van der Waals surface area contributed by atoms with Crippen LogP contribution in [0.2, 0.25) is 5.28 Å². The van der Waals surface area contributed by atoms with Crippen LogP contribution in [0.5, 0.6) is 0 Å². The molecular weight excluding hydrogens is 384 g/mol. The van der Waals surface area contributed by atoms with Gasteiger partial charge in [-0.1, -0.05) is 12.8 Å². The molecule has 28 heavy (non-hydrogen) atoms. The first-order chi connectivity index (χ1) is 13.1. The molecule has 1 aromatic heterocycles. The highest BCUT2D eigenvalue weighted by molar-refractivity contribution is 6.28. The normalized spacial score (nSPS) is 25.1. The Morgan fingerprint density at radius 2 is 1.93 bits per heavy atom. The van der Waals surface area contributed by atoms with Gasteiger partial charge in [0.25, 0.3) is 5.91 Å². The fourth-order valence-corrected chi connectivity index (χ4v) is 4.67. The van der Waals surface area contributed by atoms with Gasteiger partial charge in [0, 0.05) is 24.2 Å². The van der Waals surface area contributed by atoms with Crippen molar-refractivity contribution in [3.05, 3.63) is 17.0 Å². The largest absolute Gasteiger partial charge is 0.443 e. The lowest BCUT2D eigenvalue weighted by Gasteiger charge is -2.38. The van der Waals surface area contributed by atoms with E-state index < -0.39 is 29.0 Å². The second-order valence-corrected chi connectivity index (χ2v) is 9.03. The van der Waals surface area contributed by atoms with Crippen molar-refractivity contribution in [3.8, 4) is 0 Å². The Labute approximate surface area is 168 Å². The molecule has 1 aliphatic carbocycles. The molecule has 2 aliphatic heterocycles. The molecule has 4 rings (SSSR count). The van der Waals surface area contributed by atoms with Gasteiger partial charge in [0.15, 0.2) is 0 Å².